The number of anilines is 2. The molecule has 0 fully saturated rings. The zero-order chi connectivity index (χ0) is 12.7. The van der Waals surface area contributed by atoms with Crippen molar-refractivity contribution in [1.82, 2.24) is 20.3 Å². The summed E-state index contributed by atoms with van der Waals surface area (Å²) in [6.07, 6.45) is 0.353. The first kappa shape index (κ1) is 13.4. The lowest BCUT2D eigenvalue weighted by Crippen LogP contribution is -2.25. The van der Waals surface area contributed by atoms with E-state index in [1.807, 2.05) is 6.92 Å². The lowest BCUT2D eigenvalue weighted by molar-refractivity contribution is -0.120. The van der Waals surface area contributed by atoms with Crippen LogP contribution in [0.2, 0.25) is 5.28 Å². The Morgan fingerprint density at radius 2 is 2.00 bits per heavy atom. The van der Waals surface area contributed by atoms with Crippen molar-refractivity contribution in [3.63, 3.8) is 0 Å². The monoisotopic (exact) mass is 258 g/mol. The third-order valence-corrected chi connectivity index (χ3v) is 2.01. The van der Waals surface area contributed by atoms with E-state index in [4.69, 9.17) is 11.6 Å². The molecule has 1 aromatic rings. The highest BCUT2D eigenvalue weighted by Crippen LogP contribution is 2.08. The molecular weight excluding hydrogens is 244 g/mol. The van der Waals surface area contributed by atoms with Crippen LogP contribution >= 0.6 is 11.6 Å². The standard InChI is InChI=1S/C9H15ClN6O/c1-3-12-6(17)4-5-13-9-15-7(10)14-8(11-2)16-9/h3-5H2,1-2H3,(H,12,17)(H2,11,13,14,15,16). The second-order valence-corrected chi connectivity index (χ2v) is 3.47. The van der Waals surface area contributed by atoms with Crippen LogP contribution in [0, 0.1) is 0 Å². The van der Waals surface area contributed by atoms with E-state index < -0.39 is 0 Å². The van der Waals surface area contributed by atoms with E-state index in [9.17, 15) is 4.79 Å². The first-order chi connectivity index (χ1) is 8.15. The Morgan fingerprint density at radius 3 is 2.65 bits per heavy atom. The van der Waals surface area contributed by atoms with Gasteiger partial charge in [0.25, 0.3) is 0 Å². The van der Waals surface area contributed by atoms with E-state index in [1.165, 1.54) is 0 Å². The van der Waals surface area contributed by atoms with Gasteiger partial charge >= 0.3 is 0 Å². The van der Waals surface area contributed by atoms with Gasteiger partial charge in [-0.1, -0.05) is 0 Å². The number of hydrogen-bond donors (Lipinski definition) is 3. The fraction of sp³-hybridized carbons (Fsp3) is 0.556. The molecule has 0 aliphatic rings. The van der Waals surface area contributed by atoms with Crippen molar-refractivity contribution in [2.24, 2.45) is 0 Å². The predicted molar refractivity (Wildman–Crippen MR) is 66.2 cm³/mol. The second kappa shape index (κ2) is 6.85. The summed E-state index contributed by atoms with van der Waals surface area (Å²) in [6.45, 7) is 2.94. The number of halogens is 1. The van der Waals surface area contributed by atoms with Gasteiger partial charge < -0.3 is 16.0 Å². The summed E-state index contributed by atoms with van der Waals surface area (Å²) in [5.41, 5.74) is 0. The average Bonchev–Trinajstić information content (AvgIpc) is 2.28. The molecule has 17 heavy (non-hydrogen) atoms. The lowest BCUT2D eigenvalue weighted by Gasteiger charge is -2.06. The molecule has 1 rings (SSSR count). The molecule has 0 radical (unpaired) electrons. The zero-order valence-electron chi connectivity index (χ0n) is 9.75. The van der Waals surface area contributed by atoms with Crippen molar-refractivity contribution in [2.75, 3.05) is 30.8 Å². The smallest absolute Gasteiger partial charge is 0.228 e. The molecule has 0 spiro atoms. The normalized spacial score (nSPS) is 9.82. The minimum absolute atomic E-state index is 0.0195. The van der Waals surface area contributed by atoms with Crippen LogP contribution in [0.3, 0.4) is 0 Å². The number of nitrogens with one attached hydrogen (secondary N) is 3. The van der Waals surface area contributed by atoms with E-state index in [0.717, 1.165) is 0 Å². The van der Waals surface area contributed by atoms with Gasteiger partial charge in [-0.2, -0.15) is 15.0 Å². The van der Waals surface area contributed by atoms with Crippen molar-refractivity contribution < 1.29 is 4.79 Å². The van der Waals surface area contributed by atoms with Crippen LogP contribution < -0.4 is 16.0 Å². The van der Waals surface area contributed by atoms with Crippen LogP contribution in [-0.2, 0) is 4.79 Å². The molecule has 8 heteroatoms. The summed E-state index contributed by atoms with van der Waals surface area (Å²) in [4.78, 5) is 22.9. The number of carbonyl (C=O) groups excluding carboxylic acids is 1. The Labute approximate surface area is 104 Å². The van der Waals surface area contributed by atoms with Crippen molar-refractivity contribution in [2.45, 2.75) is 13.3 Å². The number of amides is 1. The first-order valence-electron chi connectivity index (χ1n) is 5.25. The molecule has 0 unspecified atom stereocenters. The Balaban J connectivity index is 2.46. The largest absolute Gasteiger partial charge is 0.357 e. The quantitative estimate of drug-likeness (QED) is 0.688. The van der Waals surface area contributed by atoms with Crippen molar-refractivity contribution >= 4 is 29.4 Å². The molecule has 94 valence electrons. The van der Waals surface area contributed by atoms with E-state index in [1.54, 1.807) is 7.05 Å². The van der Waals surface area contributed by atoms with Crippen LogP contribution in [0.15, 0.2) is 0 Å². The Kier molecular flexibility index (Phi) is 5.41. The van der Waals surface area contributed by atoms with E-state index in [-0.39, 0.29) is 11.2 Å². The molecule has 3 N–H and O–H groups in total. The van der Waals surface area contributed by atoms with E-state index in [2.05, 4.69) is 30.9 Å². The molecule has 0 aliphatic heterocycles. The third kappa shape index (κ3) is 4.81. The van der Waals surface area contributed by atoms with E-state index in [0.29, 0.717) is 31.4 Å². The van der Waals surface area contributed by atoms with Crippen LogP contribution in [0.1, 0.15) is 13.3 Å². The van der Waals surface area contributed by atoms with Crippen LogP contribution in [-0.4, -0.2) is 41.0 Å². The summed E-state index contributed by atoms with van der Waals surface area (Å²) < 4.78 is 0. The Morgan fingerprint density at radius 1 is 1.29 bits per heavy atom. The Hall–Kier alpha value is -1.63. The van der Waals surface area contributed by atoms with Gasteiger partial charge in [-0.15, -0.1) is 0 Å². The van der Waals surface area contributed by atoms with Crippen LogP contribution in [0.5, 0.6) is 0 Å². The van der Waals surface area contributed by atoms with Crippen molar-refractivity contribution in [3.05, 3.63) is 5.28 Å². The van der Waals surface area contributed by atoms with Gasteiger partial charge in [0.2, 0.25) is 23.1 Å². The molecule has 0 aromatic carbocycles. The fourth-order valence-electron chi connectivity index (χ4n) is 1.11. The summed E-state index contributed by atoms with van der Waals surface area (Å²) >= 11 is 5.70. The maximum Gasteiger partial charge on any atom is 0.228 e. The summed E-state index contributed by atoms with van der Waals surface area (Å²) in [7, 11) is 1.68. The third-order valence-electron chi connectivity index (χ3n) is 1.84. The van der Waals surface area contributed by atoms with Crippen LogP contribution in [0.25, 0.3) is 0 Å². The van der Waals surface area contributed by atoms with Gasteiger partial charge in [0.15, 0.2) is 0 Å². The Bertz CT molecular complexity index is 386. The van der Waals surface area contributed by atoms with E-state index >= 15 is 0 Å². The second-order valence-electron chi connectivity index (χ2n) is 3.13. The summed E-state index contributed by atoms with van der Waals surface area (Å²) in [5, 5.41) is 8.46. The summed E-state index contributed by atoms with van der Waals surface area (Å²) in [6, 6.07) is 0. The van der Waals surface area contributed by atoms with Crippen LogP contribution in [0.4, 0.5) is 11.9 Å². The van der Waals surface area contributed by atoms with Gasteiger partial charge in [0.1, 0.15) is 0 Å². The highest BCUT2D eigenvalue weighted by Gasteiger charge is 2.04. The number of nitrogens with zero attached hydrogens (tertiary/aromatic N) is 3. The number of hydrogen-bond acceptors (Lipinski definition) is 6. The topological polar surface area (TPSA) is 91.8 Å². The SMILES string of the molecule is CCNC(=O)CCNc1nc(Cl)nc(NC)n1. The molecule has 7 nitrogen and oxygen atoms in total. The fourth-order valence-corrected chi connectivity index (χ4v) is 1.27. The first-order valence-corrected chi connectivity index (χ1v) is 5.63. The van der Waals surface area contributed by atoms with Gasteiger partial charge in [-0.25, -0.2) is 0 Å². The molecule has 1 heterocycles. The molecule has 0 aliphatic carbocycles. The minimum Gasteiger partial charge on any atom is -0.357 e. The van der Waals surface area contributed by atoms with Gasteiger partial charge in [-0.3, -0.25) is 4.79 Å². The maximum absolute atomic E-state index is 11.2. The molecule has 0 bridgehead atoms. The highest BCUT2D eigenvalue weighted by atomic mass is 35.5. The minimum atomic E-state index is -0.0195. The van der Waals surface area contributed by atoms with Crippen molar-refractivity contribution in [1.29, 1.82) is 0 Å². The molecule has 0 atom stereocenters. The molecule has 0 saturated carbocycles. The average molecular weight is 259 g/mol. The molecule has 1 aromatic heterocycles. The number of carbonyl (C=O) groups is 1. The molecular formula is C9H15ClN6O. The molecule has 1 amide bonds. The lowest BCUT2D eigenvalue weighted by atomic mass is 10.4. The van der Waals surface area contributed by atoms with Gasteiger partial charge in [-0.05, 0) is 18.5 Å². The van der Waals surface area contributed by atoms with Gasteiger partial charge in [0.05, 0.1) is 0 Å². The van der Waals surface area contributed by atoms with Gasteiger partial charge in [0, 0.05) is 26.6 Å². The predicted octanol–water partition coefficient (Wildman–Crippen LogP) is 0.505. The van der Waals surface area contributed by atoms with Crippen molar-refractivity contribution in [3.8, 4) is 0 Å². The zero-order valence-corrected chi connectivity index (χ0v) is 10.5. The maximum atomic E-state index is 11.2. The molecule has 0 saturated heterocycles. The number of rotatable bonds is 6. The summed E-state index contributed by atoms with van der Waals surface area (Å²) in [5.74, 6) is 0.707. The highest BCUT2D eigenvalue weighted by molar-refractivity contribution is 6.28. The number of aromatic nitrogens is 3.